The predicted octanol–water partition coefficient (Wildman–Crippen LogP) is 2.36. The van der Waals surface area contributed by atoms with Crippen molar-refractivity contribution in [2.75, 3.05) is 6.61 Å². The van der Waals surface area contributed by atoms with Gasteiger partial charge in [0, 0.05) is 4.47 Å². The minimum atomic E-state index is -3.80. The number of rotatable bonds is 5. The summed E-state index contributed by atoms with van der Waals surface area (Å²) in [4.78, 5) is -0.00608. The highest BCUT2D eigenvalue weighted by molar-refractivity contribution is 9.10. The summed E-state index contributed by atoms with van der Waals surface area (Å²) in [6, 6.07) is 3.21. The van der Waals surface area contributed by atoms with E-state index in [-0.39, 0.29) is 4.90 Å². The van der Waals surface area contributed by atoms with Gasteiger partial charge in [0.1, 0.15) is 10.6 Å². The van der Waals surface area contributed by atoms with E-state index < -0.39 is 10.0 Å². The van der Waals surface area contributed by atoms with Crippen molar-refractivity contribution in [1.29, 1.82) is 0 Å². The summed E-state index contributed by atoms with van der Waals surface area (Å²) in [5.74, 6) is 0.303. The molecule has 0 atom stereocenters. The number of ether oxygens (including phenoxy) is 1. The number of aryl methyl sites for hydroxylation is 1. The largest absolute Gasteiger partial charge is 0.492 e. The van der Waals surface area contributed by atoms with E-state index >= 15 is 0 Å². The zero-order chi connectivity index (χ0) is 13.1. The van der Waals surface area contributed by atoms with E-state index in [0.29, 0.717) is 28.8 Å². The quantitative estimate of drug-likeness (QED) is 0.669. The Morgan fingerprint density at radius 1 is 1.53 bits per heavy atom. The van der Waals surface area contributed by atoms with E-state index in [1.807, 2.05) is 0 Å². The van der Waals surface area contributed by atoms with Gasteiger partial charge in [-0.3, -0.25) is 0 Å². The molecule has 0 saturated heterocycles. The molecule has 0 amide bonds. The van der Waals surface area contributed by atoms with Crippen molar-refractivity contribution in [1.82, 2.24) is 0 Å². The van der Waals surface area contributed by atoms with Gasteiger partial charge in [0.2, 0.25) is 10.0 Å². The molecule has 0 aliphatic heterocycles. The van der Waals surface area contributed by atoms with E-state index in [1.54, 1.807) is 19.1 Å². The minimum Gasteiger partial charge on any atom is -0.492 e. The molecule has 94 valence electrons. The second-order valence-electron chi connectivity index (χ2n) is 3.52. The number of sulfonamides is 1. The van der Waals surface area contributed by atoms with Crippen LogP contribution in [0.25, 0.3) is 0 Å². The number of hydrogen-bond donors (Lipinski definition) is 1. The molecule has 0 bridgehead atoms. The van der Waals surface area contributed by atoms with Crippen LogP contribution in [0.1, 0.15) is 12.0 Å². The molecule has 0 aromatic heterocycles. The highest BCUT2D eigenvalue weighted by atomic mass is 79.9. The Kier molecular flexibility index (Phi) is 4.73. The molecule has 0 radical (unpaired) electrons. The van der Waals surface area contributed by atoms with Crippen LogP contribution in [0.15, 0.2) is 34.2 Å². The summed E-state index contributed by atoms with van der Waals surface area (Å²) in [5, 5.41) is 5.15. The Morgan fingerprint density at radius 2 is 2.18 bits per heavy atom. The molecule has 4 nitrogen and oxygen atoms in total. The van der Waals surface area contributed by atoms with Crippen molar-refractivity contribution < 1.29 is 13.2 Å². The van der Waals surface area contributed by atoms with Gasteiger partial charge in [-0.05, 0) is 31.0 Å². The summed E-state index contributed by atoms with van der Waals surface area (Å²) in [6.07, 6.45) is 2.34. The second kappa shape index (κ2) is 5.66. The highest BCUT2D eigenvalue weighted by Crippen LogP contribution is 2.30. The van der Waals surface area contributed by atoms with Gasteiger partial charge in [-0.2, -0.15) is 0 Å². The SMILES string of the molecule is C=CCCOc1c(C)cc(Br)cc1S(N)(=O)=O. The molecule has 0 fully saturated rings. The third-order valence-electron chi connectivity index (χ3n) is 2.08. The standard InChI is InChI=1S/C11H14BrNO3S/c1-3-4-5-16-11-8(2)6-9(12)7-10(11)17(13,14)15/h3,6-7H,1,4-5H2,2H3,(H2,13,14,15). The predicted molar refractivity (Wildman–Crippen MR) is 70.6 cm³/mol. The molecular weight excluding hydrogens is 306 g/mol. The van der Waals surface area contributed by atoms with E-state index in [4.69, 9.17) is 9.88 Å². The van der Waals surface area contributed by atoms with Crippen LogP contribution in [0.5, 0.6) is 5.75 Å². The van der Waals surface area contributed by atoms with Gasteiger partial charge >= 0.3 is 0 Å². The normalized spacial score (nSPS) is 11.2. The van der Waals surface area contributed by atoms with E-state index in [1.165, 1.54) is 6.07 Å². The van der Waals surface area contributed by atoms with Gasteiger partial charge in [-0.25, -0.2) is 13.6 Å². The van der Waals surface area contributed by atoms with Gasteiger partial charge < -0.3 is 4.74 Å². The van der Waals surface area contributed by atoms with Crippen LogP contribution >= 0.6 is 15.9 Å². The molecule has 0 heterocycles. The monoisotopic (exact) mass is 319 g/mol. The average molecular weight is 320 g/mol. The molecule has 0 spiro atoms. The summed E-state index contributed by atoms with van der Waals surface area (Å²) in [5.41, 5.74) is 0.715. The van der Waals surface area contributed by atoms with Crippen LogP contribution in [0.2, 0.25) is 0 Å². The first kappa shape index (κ1) is 14.2. The Bertz CT molecular complexity index is 526. The van der Waals surface area contributed by atoms with Crippen LogP contribution in [-0.4, -0.2) is 15.0 Å². The number of nitrogens with two attached hydrogens (primary N) is 1. The van der Waals surface area contributed by atoms with Crippen LogP contribution < -0.4 is 9.88 Å². The number of halogens is 1. The van der Waals surface area contributed by atoms with Gasteiger partial charge in [0.15, 0.2) is 0 Å². The molecule has 0 aliphatic rings. The van der Waals surface area contributed by atoms with Crippen LogP contribution in [0.3, 0.4) is 0 Å². The highest BCUT2D eigenvalue weighted by Gasteiger charge is 2.18. The summed E-state index contributed by atoms with van der Waals surface area (Å²) >= 11 is 3.23. The summed E-state index contributed by atoms with van der Waals surface area (Å²) in [7, 11) is -3.80. The summed E-state index contributed by atoms with van der Waals surface area (Å²) < 4.78 is 29.0. The van der Waals surface area contributed by atoms with E-state index in [0.717, 1.165) is 0 Å². The molecule has 1 rings (SSSR count). The van der Waals surface area contributed by atoms with Crippen molar-refractivity contribution in [3.05, 3.63) is 34.8 Å². The summed E-state index contributed by atoms with van der Waals surface area (Å²) in [6.45, 7) is 5.71. The number of benzene rings is 1. The first-order chi connectivity index (χ1) is 7.86. The van der Waals surface area contributed by atoms with Crippen molar-refractivity contribution in [2.45, 2.75) is 18.2 Å². The second-order valence-corrected chi connectivity index (χ2v) is 5.97. The maximum Gasteiger partial charge on any atom is 0.241 e. The first-order valence-electron chi connectivity index (χ1n) is 4.93. The van der Waals surface area contributed by atoms with Crippen molar-refractivity contribution >= 4 is 26.0 Å². The minimum absolute atomic E-state index is 0.00608. The van der Waals surface area contributed by atoms with Gasteiger partial charge in [-0.1, -0.05) is 22.0 Å². The number of hydrogen-bond acceptors (Lipinski definition) is 3. The molecule has 2 N–H and O–H groups in total. The zero-order valence-corrected chi connectivity index (χ0v) is 11.8. The van der Waals surface area contributed by atoms with E-state index in [9.17, 15) is 8.42 Å². The smallest absolute Gasteiger partial charge is 0.241 e. The lowest BCUT2D eigenvalue weighted by atomic mass is 10.2. The maximum absolute atomic E-state index is 11.4. The molecular formula is C11H14BrNO3S. The number of primary sulfonamides is 1. The van der Waals surface area contributed by atoms with Gasteiger partial charge in [-0.15, -0.1) is 6.58 Å². The molecule has 1 aromatic rings. The molecule has 17 heavy (non-hydrogen) atoms. The fourth-order valence-corrected chi connectivity index (χ4v) is 2.83. The molecule has 0 saturated carbocycles. The van der Waals surface area contributed by atoms with Crippen molar-refractivity contribution in [3.63, 3.8) is 0 Å². The van der Waals surface area contributed by atoms with Crippen molar-refractivity contribution in [3.8, 4) is 5.75 Å². The average Bonchev–Trinajstić information content (AvgIpc) is 2.19. The Morgan fingerprint density at radius 3 is 2.71 bits per heavy atom. The molecule has 0 unspecified atom stereocenters. The third kappa shape index (κ3) is 3.83. The fraction of sp³-hybridized carbons (Fsp3) is 0.273. The zero-order valence-electron chi connectivity index (χ0n) is 9.44. The lowest BCUT2D eigenvalue weighted by molar-refractivity contribution is 0.314. The van der Waals surface area contributed by atoms with Crippen LogP contribution in [-0.2, 0) is 10.0 Å². The lowest BCUT2D eigenvalue weighted by Crippen LogP contribution is -2.15. The fourth-order valence-electron chi connectivity index (χ4n) is 1.34. The Hall–Kier alpha value is -0.850. The topological polar surface area (TPSA) is 69.4 Å². The molecule has 0 aliphatic carbocycles. The van der Waals surface area contributed by atoms with Gasteiger partial charge in [0.25, 0.3) is 0 Å². The van der Waals surface area contributed by atoms with Gasteiger partial charge in [0.05, 0.1) is 6.61 Å². The Balaban J connectivity index is 3.21. The van der Waals surface area contributed by atoms with Crippen molar-refractivity contribution in [2.24, 2.45) is 5.14 Å². The first-order valence-corrected chi connectivity index (χ1v) is 7.27. The Labute approximate surface area is 110 Å². The lowest BCUT2D eigenvalue weighted by Gasteiger charge is -2.13. The molecule has 6 heteroatoms. The van der Waals surface area contributed by atoms with Crippen LogP contribution in [0.4, 0.5) is 0 Å². The van der Waals surface area contributed by atoms with Crippen LogP contribution in [0, 0.1) is 6.92 Å². The maximum atomic E-state index is 11.4. The third-order valence-corrected chi connectivity index (χ3v) is 3.45. The molecule has 1 aromatic carbocycles. The van der Waals surface area contributed by atoms with E-state index in [2.05, 4.69) is 22.5 Å².